The number of pyridine rings is 1. The van der Waals surface area contributed by atoms with Crippen LogP contribution in [-0.4, -0.2) is 12.0 Å². The van der Waals surface area contributed by atoms with Crippen LogP contribution in [0.15, 0.2) is 42.5 Å². The summed E-state index contributed by atoms with van der Waals surface area (Å²) in [5, 5.41) is 2.92. The van der Waals surface area contributed by atoms with Crippen molar-refractivity contribution in [1.82, 2.24) is 10.3 Å². The smallest absolute Gasteiger partial charge is 0.314 e. The highest BCUT2D eigenvalue weighted by atomic mass is 19.4. The number of hydrogen-bond acceptors (Lipinski definition) is 2. The molecule has 0 spiro atoms. The molecule has 0 aliphatic rings. The summed E-state index contributed by atoms with van der Waals surface area (Å²) in [4.78, 5) is 4.24. The van der Waals surface area contributed by atoms with E-state index < -0.39 is 11.7 Å². The zero-order valence-electron chi connectivity index (χ0n) is 10.3. The maximum absolute atomic E-state index is 12.9. The van der Waals surface area contributed by atoms with E-state index in [0.29, 0.717) is 17.9 Å². The van der Waals surface area contributed by atoms with Crippen molar-refractivity contribution < 1.29 is 13.2 Å². The van der Waals surface area contributed by atoms with E-state index in [2.05, 4.69) is 10.3 Å². The Morgan fingerprint density at radius 3 is 2.47 bits per heavy atom. The van der Waals surface area contributed by atoms with Crippen molar-refractivity contribution in [3.8, 4) is 11.3 Å². The molecule has 0 radical (unpaired) electrons. The number of aromatic nitrogens is 1. The van der Waals surface area contributed by atoms with Crippen LogP contribution in [0.4, 0.5) is 13.2 Å². The molecule has 19 heavy (non-hydrogen) atoms. The van der Waals surface area contributed by atoms with Gasteiger partial charge in [0.05, 0.1) is 17.0 Å². The fourth-order valence-corrected chi connectivity index (χ4v) is 1.86. The summed E-state index contributed by atoms with van der Waals surface area (Å²) >= 11 is 0. The molecule has 0 aliphatic carbocycles. The molecule has 1 aromatic heterocycles. The molecule has 1 aromatic carbocycles. The van der Waals surface area contributed by atoms with Gasteiger partial charge < -0.3 is 5.32 Å². The number of rotatable bonds is 3. The second-order valence-corrected chi connectivity index (χ2v) is 4.09. The summed E-state index contributed by atoms with van der Waals surface area (Å²) in [6.07, 6.45) is -4.38. The molecule has 100 valence electrons. The minimum atomic E-state index is -4.38. The quantitative estimate of drug-likeness (QED) is 0.919. The number of nitrogens with zero attached hydrogens (tertiary/aromatic N) is 1. The largest absolute Gasteiger partial charge is 0.417 e. The number of halogens is 3. The third-order valence-corrected chi connectivity index (χ3v) is 2.67. The van der Waals surface area contributed by atoms with Crippen molar-refractivity contribution in [3.05, 3.63) is 53.7 Å². The van der Waals surface area contributed by atoms with Gasteiger partial charge in [-0.3, -0.25) is 4.98 Å². The highest BCUT2D eigenvalue weighted by Crippen LogP contribution is 2.36. The van der Waals surface area contributed by atoms with Crippen molar-refractivity contribution >= 4 is 0 Å². The third kappa shape index (κ3) is 3.12. The van der Waals surface area contributed by atoms with Crippen LogP contribution >= 0.6 is 0 Å². The van der Waals surface area contributed by atoms with Crippen LogP contribution in [0.2, 0.25) is 0 Å². The Morgan fingerprint density at radius 2 is 1.79 bits per heavy atom. The standard InChI is InChI=1S/C14H13F3N2/c1-18-9-10-5-4-8-13(19-10)11-6-2-3-7-12(11)14(15,16)17/h2-8,18H,9H2,1H3. The molecular weight excluding hydrogens is 253 g/mol. The molecule has 0 saturated heterocycles. The molecule has 0 unspecified atom stereocenters. The van der Waals surface area contributed by atoms with Crippen LogP contribution in [0.1, 0.15) is 11.3 Å². The lowest BCUT2D eigenvalue weighted by molar-refractivity contribution is -0.137. The molecule has 1 heterocycles. The molecule has 5 heteroatoms. The normalized spacial score (nSPS) is 11.6. The lowest BCUT2D eigenvalue weighted by Crippen LogP contribution is -2.09. The van der Waals surface area contributed by atoms with E-state index in [4.69, 9.17) is 0 Å². The summed E-state index contributed by atoms with van der Waals surface area (Å²) in [6.45, 7) is 0.516. The Balaban J connectivity index is 2.50. The highest BCUT2D eigenvalue weighted by molar-refractivity contribution is 5.64. The molecule has 0 aliphatic heterocycles. The Hall–Kier alpha value is -1.88. The van der Waals surface area contributed by atoms with Crippen molar-refractivity contribution in [2.45, 2.75) is 12.7 Å². The predicted molar refractivity (Wildman–Crippen MR) is 67.4 cm³/mol. The fourth-order valence-electron chi connectivity index (χ4n) is 1.86. The van der Waals surface area contributed by atoms with Gasteiger partial charge in [-0.1, -0.05) is 24.3 Å². The zero-order valence-corrected chi connectivity index (χ0v) is 10.3. The first kappa shape index (κ1) is 13.5. The third-order valence-electron chi connectivity index (χ3n) is 2.67. The van der Waals surface area contributed by atoms with E-state index in [1.54, 1.807) is 31.3 Å². The zero-order chi connectivity index (χ0) is 13.9. The molecule has 0 bridgehead atoms. The maximum atomic E-state index is 12.9. The van der Waals surface area contributed by atoms with Crippen molar-refractivity contribution in [3.63, 3.8) is 0 Å². The molecule has 0 amide bonds. The Labute approximate surface area is 109 Å². The molecule has 0 atom stereocenters. The van der Waals surface area contributed by atoms with Crippen LogP contribution in [0, 0.1) is 0 Å². The van der Waals surface area contributed by atoms with E-state index >= 15 is 0 Å². The molecule has 2 nitrogen and oxygen atoms in total. The van der Waals surface area contributed by atoms with Gasteiger partial charge in [-0.25, -0.2) is 0 Å². The van der Waals surface area contributed by atoms with Crippen molar-refractivity contribution in [2.24, 2.45) is 0 Å². The van der Waals surface area contributed by atoms with Gasteiger partial charge in [0.2, 0.25) is 0 Å². The van der Waals surface area contributed by atoms with Gasteiger partial charge >= 0.3 is 6.18 Å². The molecular formula is C14H13F3N2. The molecule has 2 aromatic rings. The second kappa shape index (κ2) is 5.40. The number of benzene rings is 1. The Morgan fingerprint density at radius 1 is 1.05 bits per heavy atom. The van der Waals surface area contributed by atoms with E-state index in [0.717, 1.165) is 6.07 Å². The van der Waals surface area contributed by atoms with Crippen molar-refractivity contribution in [1.29, 1.82) is 0 Å². The average Bonchev–Trinajstić information content (AvgIpc) is 2.38. The van der Waals surface area contributed by atoms with Gasteiger partial charge in [-0.15, -0.1) is 0 Å². The van der Waals surface area contributed by atoms with E-state index in [-0.39, 0.29) is 5.56 Å². The van der Waals surface area contributed by atoms with E-state index in [1.807, 2.05) is 0 Å². The Kier molecular flexibility index (Phi) is 3.85. The predicted octanol–water partition coefficient (Wildman–Crippen LogP) is 3.49. The van der Waals surface area contributed by atoms with Crippen LogP contribution in [0.5, 0.6) is 0 Å². The van der Waals surface area contributed by atoms with Gasteiger partial charge in [-0.05, 0) is 25.2 Å². The molecule has 0 saturated carbocycles. The second-order valence-electron chi connectivity index (χ2n) is 4.09. The van der Waals surface area contributed by atoms with Crippen LogP contribution in [-0.2, 0) is 12.7 Å². The number of nitrogens with one attached hydrogen (secondary N) is 1. The number of alkyl halides is 3. The summed E-state index contributed by atoms with van der Waals surface area (Å²) in [6, 6.07) is 10.5. The molecule has 0 fully saturated rings. The van der Waals surface area contributed by atoms with Gasteiger partial charge in [0.1, 0.15) is 0 Å². The summed E-state index contributed by atoms with van der Waals surface area (Å²) in [5.74, 6) is 0. The Bertz CT molecular complexity index is 565. The van der Waals surface area contributed by atoms with Gasteiger partial charge in [-0.2, -0.15) is 13.2 Å². The first-order valence-corrected chi connectivity index (χ1v) is 5.79. The summed E-state index contributed by atoms with van der Waals surface area (Å²) in [7, 11) is 1.76. The van der Waals surface area contributed by atoms with Gasteiger partial charge in [0, 0.05) is 12.1 Å². The first-order chi connectivity index (χ1) is 9.02. The lowest BCUT2D eigenvalue weighted by atomic mass is 10.0. The van der Waals surface area contributed by atoms with E-state index in [1.165, 1.54) is 12.1 Å². The van der Waals surface area contributed by atoms with Crippen LogP contribution < -0.4 is 5.32 Å². The molecule has 2 rings (SSSR count). The van der Waals surface area contributed by atoms with Crippen LogP contribution in [0.25, 0.3) is 11.3 Å². The van der Waals surface area contributed by atoms with E-state index in [9.17, 15) is 13.2 Å². The maximum Gasteiger partial charge on any atom is 0.417 e. The topological polar surface area (TPSA) is 24.9 Å². The summed E-state index contributed by atoms with van der Waals surface area (Å²) < 4.78 is 38.8. The number of hydrogen-bond donors (Lipinski definition) is 1. The average molecular weight is 266 g/mol. The van der Waals surface area contributed by atoms with Gasteiger partial charge in [0.25, 0.3) is 0 Å². The SMILES string of the molecule is CNCc1cccc(-c2ccccc2C(F)(F)F)n1. The monoisotopic (exact) mass is 266 g/mol. The van der Waals surface area contributed by atoms with Crippen molar-refractivity contribution in [2.75, 3.05) is 7.05 Å². The minimum Gasteiger partial charge on any atom is -0.314 e. The first-order valence-electron chi connectivity index (χ1n) is 5.79. The summed E-state index contributed by atoms with van der Waals surface area (Å²) in [5.41, 5.74) is 0.481. The molecule has 1 N–H and O–H groups in total. The fraction of sp³-hybridized carbons (Fsp3) is 0.214. The van der Waals surface area contributed by atoms with Crippen LogP contribution in [0.3, 0.4) is 0 Å². The minimum absolute atomic E-state index is 0.105. The highest BCUT2D eigenvalue weighted by Gasteiger charge is 2.33. The van der Waals surface area contributed by atoms with Gasteiger partial charge in [0.15, 0.2) is 0 Å². The lowest BCUT2D eigenvalue weighted by Gasteiger charge is -2.12.